The van der Waals surface area contributed by atoms with Gasteiger partial charge in [0, 0.05) is 11.8 Å². The zero-order chi connectivity index (χ0) is 23.3. The van der Waals surface area contributed by atoms with Gasteiger partial charge in [-0.3, -0.25) is 9.59 Å². The summed E-state index contributed by atoms with van der Waals surface area (Å²) in [6.45, 7) is 3.86. The molecule has 166 valence electrons. The SMILES string of the molecule is Cc1ccc([C@H](CC(=O)O)NC(=O)Nc2c(O)cc(C)n(Cc3ccccc3)c2=O)cc1. The first-order valence-corrected chi connectivity index (χ1v) is 10.1. The molecule has 2 amide bonds. The third-order valence-corrected chi connectivity index (χ3v) is 5.07. The predicted octanol–water partition coefficient (Wildman–Crippen LogP) is 3.56. The number of hydrogen-bond acceptors (Lipinski definition) is 4. The molecule has 1 atom stereocenters. The van der Waals surface area contributed by atoms with Crippen LogP contribution in [0.1, 0.15) is 34.8 Å². The van der Waals surface area contributed by atoms with E-state index >= 15 is 0 Å². The molecule has 4 N–H and O–H groups in total. The number of amides is 2. The summed E-state index contributed by atoms with van der Waals surface area (Å²) in [6, 6.07) is 16.2. The number of nitrogens with zero attached hydrogens (tertiary/aromatic N) is 1. The fraction of sp³-hybridized carbons (Fsp3) is 0.208. The van der Waals surface area contributed by atoms with Crippen LogP contribution in [0, 0.1) is 13.8 Å². The summed E-state index contributed by atoms with van der Waals surface area (Å²) in [6.07, 6.45) is -0.339. The van der Waals surface area contributed by atoms with Crippen LogP contribution in [0.5, 0.6) is 5.75 Å². The molecule has 2 aromatic carbocycles. The Morgan fingerprint density at radius 1 is 1.03 bits per heavy atom. The van der Waals surface area contributed by atoms with Crippen molar-refractivity contribution in [3.05, 3.63) is 93.4 Å². The van der Waals surface area contributed by atoms with Crippen LogP contribution in [-0.4, -0.2) is 26.8 Å². The second kappa shape index (κ2) is 9.82. The van der Waals surface area contributed by atoms with Crippen LogP contribution >= 0.6 is 0 Å². The number of hydrogen-bond donors (Lipinski definition) is 4. The van der Waals surface area contributed by atoms with Crippen molar-refractivity contribution >= 4 is 17.7 Å². The second-order valence-corrected chi connectivity index (χ2v) is 7.58. The summed E-state index contributed by atoms with van der Waals surface area (Å²) in [4.78, 5) is 36.9. The number of carboxylic acid groups (broad SMARTS) is 1. The summed E-state index contributed by atoms with van der Waals surface area (Å²) < 4.78 is 1.44. The van der Waals surface area contributed by atoms with Crippen molar-refractivity contribution in [1.29, 1.82) is 0 Å². The average Bonchev–Trinajstić information content (AvgIpc) is 2.74. The van der Waals surface area contributed by atoms with Gasteiger partial charge in [-0.05, 0) is 25.0 Å². The molecular formula is C24H25N3O5. The fourth-order valence-corrected chi connectivity index (χ4v) is 3.37. The maximum atomic E-state index is 13.0. The third-order valence-electron chi connectivity index (χ3n) is 5.07. The van der Waals surface area contributed by atoms with E-state index in [0.29, 0.717) is 11.3 Å². The van der Waals surface area contributed by atoms with E-state index in [0.717, 1.165) is 11.1 Å². The number of anilines is 1. The van der Waals surface area contributed by atoms with Crippen molar-refractivity contribution in [1.82, 2.24) is 9.88 Å². The summed E-state index contributed by atoms with van der Waals surface area (Å²) in [7, 11) is 0. The number of aryl methyl sites for hydroxylation is 2. The number of pyridine rings is 1. The van der Waals surface area contributed by atoms with Crippen LogP contribution in [0.2, 0.25) is 0 Å². The number of carboxylic acids is 1. The lowest BCUT2D eigenvalue weighted by Crippen LogP contribution is -2.36. The molecule has 3 rings (SSSR count). The normalized spacial score (nSPS) is 11.6. The van der Waals surface area contributed by atoms with Crippen molar-refractivity contribution in [2.75, 3.05) is 5.32 Å². The zero-order valence-electron chi connectivity index (χ0n) is 17.8. The van der Waals surface area contributed by atoms with E-state index in [2.05, 4.69) is 10.6 Å². The van der Waals surface area contributed by atoms with Gasteiger partial charge in [-0.1, -0.05) is 60.2 Å². The monoisotopic (exact) mass is 435 g/mol. The summed E-state index contributed by atoms with van der Waals surface area (Å²) in [5.74, 6) is -1.45. The summed E-state index contributed by atoms with van der Waals surface area (Å²) in [5.41, 5.74) is 2.19. The fourth-order valence-electron chi connectivity index (χ4n) is 3.37. The van der Waals surface area contributed by atoms with Gasteiger partial charge < -0.3 is 25.4 Å². The smallest absolute Gasteiger partial charge is 0.319 e. The highest BCUT2D eigenvalue weighted by Gasteiger charge is 2.21. The van der Waals surface area contributed by atoms with Crippen LogP contribution in [0.25, 0.3) is 0 Å². The molecule has 0 radical (unpaired) electrons. The topological polar surface area (TPSA) is 121 Å². The van der Waals surface area contributed by atoms with Gasteiger partial charge in [-0.25, -0.2) is 4.79 Å². The zero-order valence-corrected chi connectivity index (χ0v) is 17.8. The lowest BCUT2D eigenvalue weighted by molar-refractivity contribution is -0.137. The molecule has 1 heterocycles. The highest BCUT2D eigenvalue weighted by molar-refractivity contribution is 5.91. The molecule has 8 heteroatoms. The molecule has 8 nitrogen and oxygen atoms in total. The molecular weight excluding hydrogens is 410 g/mol. The number of aromatic nitrogens is 1. The van der Waals surface area contributed by atoms with Gasteiger partial charge in [0.15, 0.2) is 5.69 Å². The molecule has 0 bridgehead atoms. The molecule has 0 fully saturated rings. The molecule has 0 saturated carbocycles. The van der Waals surface area contributed by atoms with Crippen LogP contribution in [0.3, 0.4) is 0 Å². The van der Waals surface area contributed by atoms with Crippen molar-refractivity contribution in [3.8, 4) is 5.75 Å². The van der Waals surface area contributed by atoms with Crippen LogP contribution < -0.4 is 16.2 Å². The standard InChI is InChI=1S/C24H25N3O5/c1-15-8-10-18(11-9-15)19(13-21(29)30)25-24(32)26-22-20(28)12-16(2)27(23(22)31)14-17-6-4-3-5-7-17/h3-12,19,28H,13-14H2,1-2H3,(H,29,30)(H2,25,26,32)/t19-/m0/s1. The number of benzene rings is 2. The minimum absolute atomic E-state index is 0.271. The molecule has 0 unspecified atom stereocenters. The van der Waals surface area contributed by atoms with Crippen molar-refractivity contribution in [3.63, 3.8) is 0 Å². The Balaban J connectivity index is 1.84. The van der Waals surface area contributed by atoms with Crippen molar-refractivity contribution < 1.29 is 19.8 Å². The number of carbonyl (C=O) groups is 2. The lowest BCUT2D eigenvalue weighted by atomic mass is 10.0. The van der Waals surface area contributed by atoms with Crippen molar-refractivity contribution in [2.45, 2.75) is 32.9 Å². The number of aliphatic carboxylic acids is 1. The van der Waals surface area contributed by atoms with Gasteiger partial charge in [0.2, 0.25) is 0 Å². The van der Waals surface area contributed by atoms with Gasteiger partial charge in [0.25, 0.3) is 5.56 Å². The Morgan fingerprint density at radius 2 is 1.69 bits per heavy atom. The first-order chi connectivity index (χ1) is 15.2. The highest BCUT2D eigenvalue weighted by Crippen LogP contribution is 2.22. The number of rotatable bonds is 7. The van der Waals surface area contributed by atoms with E-state index in [1.165, 1.54) is 10.6 Å². The summed E-state index contributed by atoms with van der Waals surface area (Å²) >= 11 is 0. The number of aromatic hydroxyl groups is 1. The molecule has 0 aliphatic carbocycles. The Hall–Kier alpha value is -4.07. The Kier molecular flexibility index (Phi) is 6.94. The number of nitrogens with one attached hydrogen (secondary N) is 2. The van der Waals surface area contributed by atoms with Gasteiger partial charge in [-0.2, -0.15) is 0 Å². The van der Waals surface area contributed by atoms with E-state index < -0.39 is 23.6 Å². The van der Waals surface area contributed by atoms with Crippen molar-refractivity contribution in [2.24, 2.45) is 0 Å². The second-order valence-electron chi connectivity index (χ2n) is 7.58. The van der Waals surface area contributed by atoms with Crippen LogP contribution in [0.15, 0.2) is 65.5 Å². The molecule has 0 aliphatic rings. The Labute approximate surface area is 185 Å². The third kappa shape index (κ3) is 5.54. The summed E-state index contributed by atoms with van der Waals surface area (Å²) in [5, 5.41) is 24.5. The van der Waals surface area contributed by atoms with Gasteiger partial charge in [0.05, 0.1) is 19.0 Å². The Morgan fingerprint density at radius 3 is 2.31 bits per heavy atom. The molecule has 0 spiro atoms. The maximum absolute atomic E-state index is 13.0. The van der Waals surface area contributed by atoms with Gasteiger partial charge in [-0.15, -0.1) is 0 Å². The molecule has 3 aromatic rings. The quantitative estimate of drug-likeness (QED) is 0.452. The predicted molar refractivity (Wildman–Crippen MR) is 121 cm³/mol. The molecule has 1 aromatic heterocycles. The number of urea groups is 1. The van der Waals surface area contributed by atoms with E-state index in [1.807, 2.05) is 49.4 Å². The van der Waals surface area contributed by atoms with E-state index in [4.69, 9.17) is 0 Å². The van der Waals surface area contributed by atoms with Crippen LogP contribution in [-0.2, 0) is 11.3 Å². The Bertz CT molecular complexity index is 1170. The lowest BCUT2D eigenvalue weighted by Gasteiger charge is -2.19. The molecule has 0 saturated heterocycles. The van der Waals surface area contributed by atoms with Gasteiger partial charge >= 0.3 is 12.0 Å². The van der Waals surface area contributed by atoms with Gasteiger partial charge in [0.1, 0.15) is 5.75 Å². The minimum Gasteiger partial charge on any atom is -0.505 e. The first kappa shape index (κ1) is 22.6. The maximum Gasteiger partial charge on any atom is 0.319 e. The molecule has 0 aliphatic heterocycles. The van der Waals surface area contributed by atoms with E-state index in [-0.39, 0.29) is 24.4 Å². The first-order valence-electron chi connectivity index (χ1n) is 10.1. The largest absolute Gasteiger partial charge is 0.505 e. The van der Waals surface area contributed by atoms with E-state index in [1.54, 1.807) is 19.1 Å². The highest BCUT2D eigenvalue weighted by atomic mass is 16.4. The molecule has 32 heavy (non-hydrogen) atoms. The van der Waals surface area contributed by atoms with E-state index in [9.17, 15) is 24.6 Å². The average molecular weight is 435 g/mol. The number of carbonyl (C=O) groups excluding carboxylic acids is 1. The van der Waals surface area contributed by atoms with Crippen LogP contribution in [0.4, 0.5) is 10.5 Å². The minimum atomic E-state index is -1.08.